The molecule has 2 heterocycles. The molecule has 1 atom stereocenters. The molecule has 1 aromatic carbocycles. The van der Waals surface area contributed by atoms with Crippen LogP contribution in [0.3, 0.4) is 0 Å². The predicted octanol–water partition coefficient (Wildman–Crippen LogP) is 6.37. The van der Waals surface area contributed by atoms with E-state index < -0.39 is 21.8 Å². The lowest BCUT2D eigenvalue weighted by Gasteiger charge is -2.28. The topological polar surface area (TPSA) is 61.6 Å². The molecule has 1 aromatic heterocycles. The molecule has 0 saturated carbocycles. The number of likely N-dealkylation sites (tertiary alicyclic amines) is 1. The van der Waals surface area contributed by atoms with Crippen molar-refractivity contribution in [1.29, 1.82) is 0 Å². The van der Waals surface area contributed by atoms with E-state index >= 15 is 0 Å². The molecule has 1 aliphatic rings. The maximum absolute atomic E-state index is 14.1. The Balaban J connectivity index is 1.76. The van der Waals surface area contributed by atoms with Crippen LogP contribution in [0.15, 0.2) is 17.0 Å². The minimum absolute atomic E-state index is 0.102. The molecule has 2 aromatic rings. The van der Waals surface area contributed by atoms with Crippen molar-refractivity contribution in [3.8, 4) is 0 Å². The molecule has 0 bridgehead atoms. The molecule has 1 fully saturated rings. The summed E-state index contributed by atoms with van der Waals surface area (Å²) in [6.07, 6.45) is 6.34. The third kappa shape index (κ3) is 5.93. The number of hydrogen-bond acceptors (Lipinski definition) is 3. The number of hydrogen-bond donors (Lipinski definition) is 1. The highest BCUT2D eigenvalue weighted by molar-refractivity contribution is 7.99. The summed E-state index contributed by atoms with van der Waals surface area (Å²) in [5.74, 6) is 0.754. The van der Waals surface area contributed by atoms with E-state index in [0.717, 1.165) is 37.4 Å². The van der Waals surface area contributed by atoms with Gasteiger partial charge in [-0.1, -0.05) is 40.3 Å². The summed E-state index contributed by atoms with van der Waals surface area (Å²) >= 11 is 12.7. The first-order valence-electron chi connectivity index (χ1n) is 11.4. The fourth-order valence-corrected chi connectivity index (χ4v) is 7.32. The van der Waals surface area contributed by atoms with Crippen molar-refractivity contribution in [2.75, 3.05) is 24.4 Å². The molecular formula is C23H33Cl2F2N4O2S+. The fourth-order valence-electron chi connectivity index (χ4n) is 4.63. The standard InChI is InChI=1S/C23H32Cl2F2N4O2S/c1-15-21(16(2)30(4)28-15)31(23(26)27)34(32,33)22-19(24)13-18(14-20(22)25)8-6-5-7-17-9-11-29(3)12-10-17/h13-14,17,23H,5-12H2,1-4H3/p+1. The highest BCUT2D eigenvalue weighted by atomic mass is 35.5. The number of rotatable bonds is 9. The summed E-state index contributed by atoms with van der Waals surface area (Å²) in [4.78, 5) is 1.95. The average molecular weight is 539 g/mol. The summed E-state index contributed by atoms with van der Waals surface area (Å²) in [5.41, 5.74) is 1.23. The normalized spacial score (nSPS) is 17.4. The van der Waals surface area contributed by atoms with Gasteiger partial charge in [-0.25, -0.2) is 0 Å². The number of alkyl halides is 2. The molecular weight excluding hydrogens is 505 g/mol. The number of benzene rings is 1. The van der Waals surface area contributed by atoms with Crippen molar-refractivity contribution < 1.29 is 17.5 Å². The van der Waals surface area contributed by atoms with Crippen molar-refractivity contribution in [2.45, 2.75) is 63.8 Å². The first-order valence-corrected chi connectivity index (χ1v) is 13.7. The number of halogens is 4. The van der Waals surface area contributed by atoms with E-state index in [0.29, 0.717) is 12.1 Å². The Kier molecular flexibility index (Phi) is 9.01. The first-order chi connectivity index (χ1) is 15.9. The van der Waals surface area contributed by atoms with E-state index in [1.165, 1.54) is 30.9 Å². The van der Waals surface area contributed by atoms with Crippen LogP contribution >= 0.6 is 23.2 Å². The first kappa shape index (κ1) is 27.3. The number of aryl methyl sites for hydroxylation is 3. The van der Waals surface area contributed by atoms with Crippen LogP contribution < -0.4 is 4.31 Å². The Morgan fingerprint density at radius 2 is 1.76 bits per heavy atom. The highest BCUT2D eigenvalue weighted by Crippen LogP contribution is 2.41. The van der Waals surface area contributed by atoms with Gasteiger partial charge in [0.15, 0.2) is 0 Å². The van der Waals surface area contributed by atoms with Crippen molar-refractivity contribution in [3.05, 3.63) is 39.1 Å². The van der Waals surface area contributed by atoms with E-state index in [-0.39, 0.29) is 25.7 Å². The van der Waals surface area contributed by atoms with Gasteiger partial charge in [0.25, 0.3) is 4.90 Å². The number of nitrogens with zero attached hydrogens (tertiary/aromatic N) is 4. The second kappa shape index (κ2) is 11.2. The van der Waals surface area contributed by atoms with E-state index in [4.69, 9.17) is 23.2 Å². The van der Waals surface area contributed by atoms with Gasteiger partial charge in [-0.15, -0.1) is 0 Å². The van der Waals surface area contributed by atoms with Crippen LogP contribution in [0.1, 0.15) is 49.1 Å². The predicted molar refractivity (Wildman–Crippen MR) is 134 cm³/mol. The molecule has 0 aliphatic carbocycles. The Morgan fingerprint density at radius 3 is 2.26 bits per heavy atom. The van der Waals surface area contributed by atoms with Crippen molar-refractivity contribution in [3.63, 3.8) is 0 Å². The third-order valence-corrected chi connectivity index (χ3v) is 9.29. The average Bonchev–Trinajstić information content (AvgIpc) is 2.98. The van der Waals surface area contributed by atoms with Gasteiger partial charge < -0.3 is 4.90 Å². The third-order valence-electron chi connectivity index (χ3n) is 6.63. The maximum atomic E-state index is 14.1. The van der Waals surface area contributed by atoms with Crippen LogP contribution in [-0.4, -0.2) is 45.9 Å². The van der Waals surface area contributed by atoms with Gasteiger partial charge in [-0.05, 0) is 87.5 Å². The van der Waals surface area contributed by atoms with E-state index in [1.54, 1.807) is 26.1 Å². The van der Waals surface area contributed by atoms with Crippen LogP contribution in [0.5, 0.6) is 0 Å². The van der Waals surface area contributed by atoms with Gasteiger partial charge in [-0.2, -0.15) is 18.4 Å². The van der Waals surface area contributed by atoms with Crippen molar-refractivity contribution >= 4 is 39.3 Å². The molecule has 11 heteroatoms. The summed E-state index contributed by atoms with van der Waals surface area (Å²) in [6, 6.07) is 3.11. The summed E-state index contributed by atoms with van der Waals surface area (Å²) in [7, 11) is -0.765. The molecule has 1 unspecified atom stereocenters. The summed E-state index contributed by atoms with van der Waals surface area (Å²) < 4.78 is 54.2. The smallest absolute Gasteiger partial charge is 0.306 e. The zero-order chi connectivity index (χ0) is 25.2. The van der Waals surface area contributed by atoms with E-state index in [9.17, 15) is 17.5 Å². The fraction of sp³-hybridized carbons (Fsp3) is 0.609. The largest absolute Gasteiger partial charge is 0.357 e. The molecule has 1 saturated heterocycles. The van der Waals surface area contributed by atoms with Crippen molar-refractivity contribution in [2.24, 2.45) is 13.0 Å². The zero-order valence-corrected chi connectivity index (χ0v) is 22.4. The second-order valence-electron chi connectivity index (χ2n) is 9.12. The van der Waals surface area contributed by atoms with E-state index in [1.807, 2.05) is 0 Å². The molecule has 0 amide bonds. The Morgan fingerprint density at radius 1 is 1.18 bits per heavy atom. The van der Waals surface area contributed by atoms with Crippen LogP contribution in [-0.2, 0) is 28.1 Å². The quantitative estimate of drug-likeness (QED) is 0.229. The Labute approximate surface area is 211 Å². The molecule has 1 N–H and O–H groups in total. The SMILES string of the molecule is Cc1nn(C)c(C)c1N(C(F)F)[S+](=O)(O)c1c(Cl)cc(CCCCC2CCN(C)CC2)cc1Cl. The lowest BCUT2D eigenvalue weighted by Crippen LogP contribution is -2.41. The van der Waals surface area contributed by atoms with Gasteiger partial charge in [0.05, 0.1) is 11.4 Å². The molecule has 34 heavy (non-hydrogen) atoms. The number of anilines is 1. The lowest BCUT2D eigenvalue weighted by molar-refractivity contribution is 0.159. The van der Waals surface area contributed by atoms with Crippen LogP contribution in [0.2, 0.25) is 10.0 Å². The maximum Gasteiger partial charge on any atom is 0.357 e. The van der Waals surface area contributed by atoms with Gasteiger partial charge in [0.1, 0.15) is 15.7 Å². The summed E-state index contributed by atoms with van der Waals surface area (Å²) in [6.45, 7) is 2.07. The van der Waals surface area contributed by atoms with Gasteiger partial charge in [-0.3, -0.25) is 4.68 Å². The molecule has 190 valence electrons. The van der Waals surface area contributed by atoms with Gasteiger partial charge >= 0.3 is 16.9 Å². The monoisotopic (exact) mass is 537 g/mol. The number of unbranched alkanes of at least 4 members (excludes halogenated alkanes) is 1. The van der Waals surface area contributed by atoms with Gasteiger partial charge in [0, 0.05) is 7.05 Å². The minimum atomic E-state index is -4.50. The van der Waals surface area contributed by atoms with Crippen LogP contribution in [0, 0.1) is 19.8 Å². The molecule has 0 spiro atoms. The van der Waals surface area contributed by atoms with Crippen LogP contribution in [0.25, 0.3) is 0 Å². The minimum Gasteiger partial charge on any atom is -0.306 e. The van der Waals surface area contributed by atoms with Crippen LogP contribution in [0.4, 0.5) is 14.5 Å². The summed E-state index contributed by atoms with van der Waals surface area (Å²) in [5, 5.41) is 3.89. The van der Waals surface area contributed by atoms with Gasteiger partial charge in [0.2, 0.25) is 0 Å². The van der Waals surface area contributed by atoms with Crippen molar-refractivity contribution in [1.82, 2.24) is 14.7 Å². The lowest BCUT2D eigenvalue weighted by atomic mass is 9.91. The number of aromatic nitrogens is 2. The second-order valence-corrected chi connectivity index (χ2v) is 11.7. The molecule has 6 nitrogen and oxygen atoms in total. The Hall–Kier alpha value is -1.26. The zero-order valence-electron chi connectivity index (χ0n) is 20.0. The van der Waals surface area contributed by atoms with E-state index in [2.05, 4.69) is 17.0 Å². The molecule has 3 rings (SSSR count). The Bertz CT molecular complexity index is 1030. The highest BCUT2D eigenvalue weighted by Gasteiger charge is 2.49. The number of piperidine rings is 1. The molecule has 0 radical (unpaired) electrons. The molecule has 1 aliphatic heterocycles.